The van der Waals surface area contributed by atoms with Gasteiger partial charge in [-0.3, -0.25) is 9.59 Å². The molecule has 1 aromatic rings. The largest absolute Gasteiger partial charge is 0.481 e. The van der Waals surface area contributed by atoms with E-state index in [1.54, 1.807) is 12.1 Å². The molecule has 0 bridgehead atoms. The van der Waals surface area contributed by atoms with Gasteiger partial charge in [0, 0.05) is 11.6 Å². The summed E-state index contributed by atoms with van der Waals surface area (Å²) in [6.45, 7) is 5.75. The number of carboxylic acid groups (broad SMARTS) is 1. The van der Waals surface area contributed by atoms with Crippen molar-refractivity contribution in [3.05, 3.63) is 22.7 Å². The highest BCUT2D eigenvalue weighted by Crippen LogP contribution is 2.40. The van der Waals surface area contributed by atoms with Gasteiger partial charge >= 0.3 is 5.97 Å². The Morgan fingerprint density at radius 3 is 2.71 bits per heavy atom. The molecule has 1 aliphatic heterocycles. The van der Waals surface area contributed by atoms with E-state index in [0.717, 1.165) is 5.56 Å². The predicted octanol–water partition coefficient (Wildman–Crippen LogP) is 2.87. The van der Waals surface area contributed by atoms with Crippen molar-refractivity contribution in [2.45, 2.75) is 33.3 Å². The number of anilines is 1. The topological polar surface area (TPSA) is 66.8 Å². The molecule has 1 amide bonds. The number of aliphatic carboxylic acids is 1. The molecule has 0 radical (unpaired) electrons. The average molecular weight is 312 g/mol. The highest BCUT2D eigenvalue weighted by molar-refractivity contribution is 6.31. The normalized spacial score (nSPS) is 17.7. The van der Waals surface area contributed by atoms with Crippen LogP contribution in [0.4, 0.5) is 5.69 Å². The maximum Gasteiger partial charge on any atom is 0.305 e. The van der Waals surface area contributed by atoms with E-state index in [9.17, 15) is 9.59 Å². The summed E-state index contributed by atoms with van der Waals surface area (Å²) in [7, 11) is 0. The van der Waals surface area contributed by atoms with Crippen LogP contribution in [-0.2, 0) is 9.59 Å². The number of fused-ring (bicyclic) bond motifs is 1. The van der Waals surface area contributed by atoms with Gasteiger partial charge in [-0.25, -0.2) is 0 Å². The summed E-state index contributed by atoms with van der Waals surface area (Å²) < 4.78 is 5.83. The molecule has 0 fully saturated rings. The number of hydrogen-bond donors (Lipinski definition) is 1. The van der Waals surface area contributed by atoms with Crippen molar-refractivity contribution in [2.24, 2.45) is 5.92 Å². The van der Waals surface area contributed by atoms with Gasteiger partial charge in [0.2, 0.25) is 0 Å². The Bertz CT molecular complexity index is 585. The molecule has 1 aliphatic rings. The molecule has 114 valence electrons. The van der Waals surface area contributed by atoms with E-state index in [-0.39, 0.29) is 24.8 Å². The molecule has 1 atom stereocenters. The van der Waals surface area contributed by atoms with Crippen LogP contribution in [-0.4, -0.2) is 29.6 Å². The van der Waals surface area contributed by atoms with Crippen molar-refractivity contribution < 1.29 is 19.4 Å². The second-order valence-corrected chi connectivity index (χ2v) is 5.92. The minimum absolute atomic E-state index is 0.00643. The molecule has 2 rings (SSSR count). The van der Waals surface area contributed by atoms with Gasteiger partial charge in [0.25, 0.3) is 5.91 Å². The first-order valence-corrected chi connectivity index (χ1v) is 7.19. The number of rotatable bonds is 4. The minimum atomic E-state index is -0.948. The molecule has 1 N–H and O–H groups in total. The minimum Gasteiger partial charge on any atom is -0.481 e. The summed E-state index contributed by atoms with van der Waals surface area (Å²) >= 11 is 6.05. The number of hydrogen-bond acceptors (Lipinski definition) is 3. The van der Waals surface area contributed by atoms with E-state index in [1.165, 1.54) is 4.90 Å². The maximum atomic E-state index is 12.5. The van der Waals surface area contributed by atoms with Crippen molar-refractivity contribution in [2.75, 3.05) is 11.4 Å². The molecule has 1 heterocycles. The number of amides is 1. The van der Waals surface area contributed by atoms with Crippen molar-refractivity contribution in [3.8, 4) is 5.75 Å². The maximum absolute atomic E-state index is 12.5. The number of halogens is 1. The summed E-state index contributed by atoms with van der Waals surface area (Å²) in [5, 5.41) is 9.36. The van der Waals surface area contributed by atoms with Crippen LogP contribution in [0.15, 0.2) is 12.1 Å². The number of benzene rings is 1. The summed E-state index contributed by atoms with van der Waals surface area (Å²) in [4.78, 5) is 24.8. The molecular formula is C15H18ClNO4. The van der Waals surface area contributed by atoms with Crippen LogP contribution in [0.3, 0.4) is 0 Å². The number of ether oxygens (including phenoxy) is 1. The SMILES string of the molecule is Cc1cc(Cl)cc2c1OC(C(C)C)C(=O)N2CCC(=O)O. The lowest BCUT2D eigenvalue weighted by molar-refractivity contribution is -0.136. The molecule has 1 aromatic carbocycles. The lowest BCUT2D eigenvalue weighted by atomic mass is 10.0. The first-order chi connectivity index (χ1) is 9.81. The predicted molar refractivity (Wildman–Crippen MR) is 80.0 cm³/mol. The zero-order chi connectivity index (χ0) is 15.7. The van der Waals surface area contributed by atoms with Gasteiger partial charge in [0.15, 0.2) is 6.10 Å². The Morgan fingerprint density at radius 1 is 1.48 bits per heavy atom. The molecule has 0 saturated carbocycles. The fourth-order valence-corrected chi connectivity index (χ4v) is 2.64. The molecule has 0 aromatic heterocycles. The number of carbonyl (C=O) groups excluding carboxylic acids is 1. The average Bonchev–Trinajstić information content (AvgIpc) is 2.36. The lowest BCUT2D eigenvalue weighted by Gasteiger charge is -2.36. The molecule has 21 heavy (non-hydrogen) atoms. The number of aryl methyl sites for hydroxylation is 1. The Labute approximate surface area is 128 Å². The van der Waals surface area contributed by atoms with Crippen molar-refractivity contribution >= 4 is 29.2 Å². The number of carbonyl (C=O) groups is 2. The fourth-order valence-electron chi connectivity index (χ4n) is 2.38. The van der Waals surface area contributed by atoms with Gasteiger partial charge in [-0.1, -0.05) is 25.4 Å². The zero-order valence-corrected chi connectivity index (χ0v) is 13.0. The van der Waals surface area contributed by atoms with E-state index < -0.39 is 12.1 Å². The van der Waals surface area contributed by atoms with E-state index in [1.807, 2.05) is 20.8 Å². The summed E-state index contributed by atoms with van der Waals surface area (Å²) in [6, 6.07) is 3.41. The van der Waals surface area contributed by atoms with E-state index in [2.05, 4.69) is 0 Å². The molecule has 0 spiro atoms. The quantitative estimate of drug-likeness (QED) is 0.928. The van der Waals surface area contributed by atoms with Crippen LogP contribution < -0.4 is 9.64 Å². The van der Waals surface area contributed by atoms with Crippen LogP contribution in [0, 0.1) is 12.8 Å². The standard InChI is InChI=1S/C15H18ClNO4/c1-8(2)13-15(20)17(5-4-12(18)19)11-7-10(16)6-9(3)14(11)21-13/h6-8,13H,4-5H2,1-3H3,(H,18,19). The third-order valence-corrected chi connectivity index (χ3v) is 3.64. The van der Waals surface area contributed by atoms with Gasteiger partial charge in [-0.2, -0.15) is 0 Å². The highest BCUT2D eigenvalue weighted by Gasteiger charge is 2.37. The summed E-state index contributed by atoms with van der Waals surface area (Å²) in [5.41, 5.74) is 1.37. The van der Waals surface area contributed by atoms with Gasteiger partial charge in [0.05, 0.1) is 12.1 Å². The second-order valence-electron chi connectivity index (χ2n) is 5.49. The smallest absolute Gasteiger partial charge is 0.305 e. The summed E-state index contributed by atoms with van der Waals surface area (Å²) in [6.07, 6.45) is -0.729. The van der Waals surface area contributed by atoms with Crippen molar-refractivity contribution in [3.63, 3.8) is 0 Å². The van der Waals surface area contributed by atoms with Gasteiger partial charge in [-0.05, 0) is 30.5 Å². The van der Waals surface area contributed by atoms with Crippen LogP contribution in [0.25, 0.3) is 0 Å². The Hall–Kier alpha value is -1.75. The van der Waals surface area contributed by atoms with Crippen LogP contribution >= 0.6 is 11.6 Å². The van der Waals surface area contributed by atoms with E-state index >= 15 is 0 Å². The molecule has 0 aliphatic carbocycles. The second kappa shape index (κ2) is 5.93. The number of carboxylic acids is 1. The first kappa shape index (κ1) is 15.6. The van der Waals surface area contributed by atoms with Gasteiger partial charge in [0.1, 0.15) is 5.75 Å². The Kier molecular flexibility index (Phi) is 4.42. The van der Waals surface area contributed by atoms with E-state index in [4.69, 9.17) is 21.4 Å². The molecule has 1 unspecified atom stereocenters. The Morgan fingerprint density at radius 2 is 2.14 bits per heavy atom. The molecule has 5 nitrogen and oxygen atoms in total. The lowest BCUT2D eigenvalue weighted by Crippen LogP contribution is -2.49. The van der Waals surface area contributed by atoms with Crippen LogP contribution in [0.5, 0.6) is 5.75 Å². The van der Waals surface area contributed by atoms with Crippen LogP contribution in [0.1, 0.15) is 25.8 Å². The molecule has 6 heteroatoms. The van der Waals surface area contributed by atoms with Gasteiger partial charge < -0.3 is 14.7 Å². The molecule has 0 saturated heterocycles. The highest BCUT2D eigenvalue weighted by atomic mass is 35.5. The third-order valence-electron chi connectivity index (χ3n) is 3.42. The fraction of sp³-hybridized carbons (Fsp3) is 0.467. The number of nitrogens with zero attached hydrogens (tertiary/aromatic N) is 1. The first-order valence-electron chi connectivity index (χ1n) is 6.81. The van der Waals surface area contributed by atoms with Crippen LogP contribution in [0.2, 0.25) is 5.02 Å². The Balaban J connectivity index is 2.46. The summed E-state index contributed by atoms with van der Waals surface area (Å²) in [5.74, 6) is -0.577. The van der Waals surface area contributed by atoms with E-state index in [0.29, 0.717) is 16.5 Å². The molecular weight excluding hydrogens is 294 g/mol. The monoisotopic (exact) mass is 311 g/mol. The van der Waals surface area contributed by atoms with Crippen molar-refractivity contribution in [1.29, 1.82) is 0 Å². The zero-order valence-electron chi connectivity index (χ0n) is 12.2. The van der Waals surface area contributed by atoms with Crippen molar-refractivity contribution in [1.82, 2.24) is 0 Å². The van der Waals surface area contributed by atoms with Gasteiger partial charge in [-0.15, -0.1) is 0 Å². The third kappa shape index (κ3) is 3.13.